The average molecular weight is 531 g/mol. The number of nitrogens with zero attached hydrogens (tertiary/aromatic N) is 2. The number of terminal acetylenes is 1. The summed E-state index contributed by atoms with van der Waals surface area (Å²) < 4.78 is 0. The average Bonchev–Trinajstić information content (AvgIpc) is 3.67. The maximum absolute atomic E-state index is 6.12. The Morgan fingerprint density at radius 2 is 0.875 bits per heavy atom. The van der Waals surface area contributed by atoms with E-state index in [1.807, 2.05) is 0 Å². The summed E-state index contributed by atoms with van der Waals surface area (Å²) in [6.45, 7) is 15.6. The molecule has 2 aliphatic heterocycles. The van der Waals surface area contributed by atoms with Crippen LogP contribution < -0.4 is 0 Å². The third-order valence-electron chi connectivity index (χ3n) is 8.64. The molecule has 0 amide bonds. The van der Waals surface area contributed by atoms with Crippen LogP contribution in [0.5, 0.6) is 0 Å². The van der Waals surface area contributed by atoms with Crippen molar-refractivity contribution in [3.8, 4) is 12.3 Å². The van der Waals surface area contributed by atoms with Gasteiger partial charge < -0.3 is 9.97 Å². The van der Waals surface area contributed by atoms with Gasteiger partial charge in [-0.25, -0.2) is 9.97 Å². The normalized spacial score (nSPS) is 13.3. The lowest BCUT2D eigenvalue weighted by Crippen LogP contribution is -1.87. The lowest BCUT2D eigenvalue weighted by atomic mass is 9.98. The number of fused-ring (bicyclic) bond motifs is 8. The van der Waals surface area contributed by atoms with Crippen molar-refractivity contribution in [3.05, 3.63) is 69.3 Å². The van der Waals surface area contributed by atoms with Crippen LogP contribution in [0.4, 0.5) is 0 Å². The van der Waals surface area contributed by atoms with Crippen molar-refractivity contribution in [1.29, 1.82) is 0 Å². The van der Waals surface area contributed by atoms with Crippen molar-refractivity contribution in [2.24, 2.45) is 0 Å². The zero-order valence-corrected chi connectivity index (χ0v) is 25.2. The molecule has 206 valence electrons. The number of nitrogens with one attached hydrogen (secondary N) is 2. The van der Waals surface area contributed by atoms with Crippen LogP contribution in [0.2, 0.25) is 0 Å². The van der Waals surface area contributed by atoms with Gasteiger partial charge in [0.25, 0.3) is 0 Å². The molecule has 4 heteroatoms. The van der Waals surface area contributed by atoms with E-state index in [9.17, 15) is 0 Å². The zero-order valence-electron chi connectivity index (χ0n) is 25.2. The highest BCUT2D eigenvalue weighted by atomic mass is 14.8. The maximum Gasteiger partial charge on any atom is 0.0818 e. The van der Waals surface area contributed by atoms with Gasteiger partial charge >= 0.3 is 0 Å². The molecule has 8 bridgehead atoms. The number of aromatic nitrogens is 4. The van der Waals surface area contributed by atoms with Crippen LogP contribution in [-0.2, 0) is 25.7 Å². The molecule has 0 aromatic carbocycles. The van der Waals surface area contributed by atoms with Gasteiger partial charge in [-0.05, 0) is 108 Å². The predicted molar refractivity (Wildman–Crippen MR) is 172 cm³/mol. The molecule has 0 radical (unpaired) electrons. The molecule has 0 saturated heterocycles. The fourth-order valence-corrected chi connectivity index (χ4v) is 6.78. The first-order valence-corrected chi connectivity index (χ1v) is 15.2. The number of aryl methyl sites for hydroxylation is 4. The van der Waals surface area contributed by atoms with Crippen molar-refractivity contribution >= 4 is 44.4 Å². The number of hydrogen-bond donors (Lipinski definition) is 2. The Labute approximate surface area is 239 Å². The molecule has 0 unspecified atom stereocenters. The van der Waals surface area contributed by atoms with E-state index in [0.717, 1.165) is 89.9 Å². The Kier molecular flexibility index (Phi) is 7.86. The van der Waals surface area contributed by atoms with E-state index in [0.29, 0.717) is 0 Å². The zero-order chi connectivity index (χ0) is 28.6. The van der Waals surface area contributed by atoms with Crippen LogP contribution >= 0.6 is 0 Å². The summed E-state index contributed by atoms with van der Waals surface area (Å²) in [6.07, 6.45) is 12.6. The monoisotopic (exact) mass is 530 g/mol. The lowest BCUT2D eigenvalue weighted by molar-refractivity contribution is 1.07. The molecule has 0 atom stereocenters. The van der Waals surface area contributed by atoms with E-state index in [2.05, 4.69) is 88.6 Å². The Bertz CT molecular complexity index is 1750. The highest BCUT2D eigenvalue weighted by Gasteiger charge is 2.22. The largest absolute Gasteiger partial charge is 0.355 e. The second kappa shape index (κ2) is 11.3. The molecule has 0 spiro atoms. The minimum Gasteiger partial charge on any atom is -0.355 e. The molecular formula is C36H42N4. The van der Waals surface area contributed by atoms with Crippen molar-refractivity contribution < 1.29 is 0 Å². The molecule has 4 nitrogen and oxygen atoms in total. The Hall–Kier alpha value is -3.84. The van der Waals surface area contributed by atoms with Crippen molar-refractivity contribution in [2.45, 2.75) is 93.4 Å². The summed E-state index contributed by atoms with van der Waals surface area (Å²) in [7, 11) is 0. The minimum atomic E-state index is 0.826. The second-order valence-electron chi connectivity index (χ2n) is 10.6. The molecule has 2 N–H and O–H groups in total. The molecular weight excluding hydrogens is 488 g/mol. The van der Waals surface area contributed by atoms with Gasteiger partial charge in [-0.15, -0.1) is 6.42 Å². The van der Waals surface area contributed by atoms with Crippen molar-refractivity contribution in [3.63, 3.8) is 0 Å². The van der Waals surface area contributed by atoms with Crippen LogP contribution in [0.3, 0.4) is 0 Å². The summed E-state index contributed by atoms with van der Waals surface area (Å²) in [5.41, 5.74) is 18.6. The van der Waals surface area contributed by atoms with E-state index in [1.165, 1.54) is 44.4 Å². The quantitative estimate of drug-likeness (QED) is 0.299. The standard InChI is InChI=1S/C36H42N4/c1-9-21-22(10-2)30-18-32-25(13-5)26(14-6)34(39-32)20-36-28(16-8)27(15-7)35(40-36)19-33-24(12-4)23(11-3)31(38-33)17-29(21)37-30/h1,17-20,39-40H,10-16H2,2-8H3. The van der Waals surface area contributed by atoms with Crippen molar-refractivity contribution in [1.82, 2.24) is 19.9 Å². The SMILES string of the molecule is C#CC1=C(CC)c2cc3[nH]c(cc4[nH]c(cc5nc(cc1n2)C(CC)=C5CC)c(CC)c4CC)c(CC)c3CC. The Morgan fingerprint density at radius 1 is 0.500 bits per heavy atom. The molecule has 2 aliphatic rings. The van der Waals surface area contributed by atoms with Crippen LogP contribution in [-0.4, -0.2) is 19.9 Å². The van der Waals surface area contributed by atoms with Gasteiger partial charge in [0.05, 0.1) is 28.3 Å². The first-order chi connectivity index (χ1) is 19.5. The van der Waals surface area contributed by atoms with Gasteiger partial charge in [0.15, 0.2) is 0 Å². The molecule has 5 rings (SSSR count). The van der Waals surface area contributed by atoms with E-state index >= 15 is 0 Å². The maximum atomic E-state index is 6.12. The Balaban J connectivity index is 2.04. The topological polar surface area (TPSA) is 57.4 Å². The minimum absolute atomic E-state index is 0.826. The lowest BCUT2D eigenvalue weighted by Gasteiger charge is -2.03. The van der Waals surface area contributed by atoms with Crippen LogP contribution in [0.15, 0.2) is 24.3 Å². The number of allylic oxidation sites excluding steroid dienone is 4. The van der Waals surface area contributed by atoms with Crippen LogP contribution in [0.25, 0.3) is 44.4 Å². The van der Waals surface area contributed by atoms with Crippen LogP contribution in [0.1, 0.15) is 113 Å². The summed E-state index contributed by atoms with van der Waals surface area (Å²) >= 11 is 0. The van der Waals surface area contributed by atoms with Crippen LogP contribution in [0, 0.1) is 12.3 Å². The fourth-order valence-electron chi connectivity index (χ4n) is 6.78. The number of hydrogen-bond acceptors (Lipinski definition) is 2. The van der Waals surface area contributed by atoms with E-state index in [-0.39, 0.29) is 0 Å². The van der Waals surface area contributed by atoms with E-state index < -0.39 is 0 Å². The molecule has 0 aliphatic carbocycles. The molecule has 0 saturated carbocycles. The van der Waals surface area contributed by atoms with Gasteiger partial charge in [0.2, 0.25) is 0 Å². The number of rotatable bonds is 7. The van der Waals surface area contributed by atoms with Gasteiger partial charge in [-0.2, -0.15) is 0 Å². The fraction of sp³-hybridized carbons (Fsp3) is 0.389. The Morgan fingerprint density at radius 3 is 1.27 bits per heavy atom. The summed E-state index contributed by atoms with van der Waals surface area (Å²) in [5, 5.41) is 0. The first kappa shape index (κ1) is 27.7. The summed E-state index contributed by atoms with van der Waals surface area (Å²) in [5.74, 6) is 2.97. The second-order valence-corrected chi connectivity index (χ2v) is 10.6. The summed E-state index contributed by atoms with van der Waals surface area (Å²) in [6, 6.07) is 8.93. The van der Waals surface area contributed by atoms with Gasteiger partial charge in [0, 0.05) is 22.1 Å². The highest BCUT2D eigenvalue weighted by molar-refractivity contribution is 6.01. The number of aromatic amines is 2. The molecule has 0 fully saturated rings. The first-order valence-electron chi connectivity index (χ1n) is 15.2. The third kappa shape index (κ3) is 4.42. The molecule has 40 heavy (non-hydrogen) atoms. The number of H-pyrrole nitrogens is 2. The van der Waals surface area contributed by atoms with Gasteiger partial charge in [-0.3, -0.25) is 0 Å². The highest BCUT2D eigenvalue weighted by Crippen LogP contribution is 2.38. The predicted octanol–water partition coefficient (Wildman–Crippen LogP) is 9.25. The molecule has 3 aromatic rings. The third-order valence-corrected chi connectivity index (χ3v) is 8.64. The van der Waals surface area contributed by atoms with E-state index in [1.54, 1.807) is 0 Å². The van der Waals surface area contributed by atoms with Gasteiger partial charge in [-0.1, -0.05) is 54.4 Å². The molecule has 5 heterocycles. The van der Waals surface area contributed by atoms with Gasteiger partial charge in [0.1, 0.15) is 0 Å². The summed E-state index contributed by atoms with van der Waals surface area (Å²) in [4.78, 5) is 18.0. The van der Waals surface area contributed by atoms with Crippen molar-refractivity contribution in [2.75, 3.05) is 0 Å². The molecule has 3 aromatic heterocycles. The smallest absolute Gasteiger partial charge is 0.0818 e. The van der Waals surface area contributed by atoms with E-state index in [4.69, 9.17) is 16.4 Å².